The third kappa shape index (κ3) is 6.21. The van der Waals surface area contributed by atoms with Crippen LogP contribution in [0.4, 0.5) is 26.3 Å². The first-order chi connectivity index (χ1) is 21.5. The monoisotopic (exact) mass is 631 g/mol. The number of tetrazole rings is 1. The number of alkyl halides is 6. The molecule has 2 aliphatic rings. The molecule has 13 heteroatoms. The summed E-state index contributed by atoms with van der Waals surface area (Å²) in [6.45, 7) is 0.110. The SMILES string of the molecule is OCCn1nnc([C@@H]2C[C@@]3(c4ccccc4)[C@H](OCc4cc(C(F)(F)F)cc(C(F)(F)F)c4)CC[C@@H]2N3Cc2ccccc2)n1. The third-order valence-corrected chi connectivity index (χ3v) is 8.83. The summed E-state index contributed by atoms with van der Waals surface area (Å²) < 4.78 is 88.0. The van der Waals surface area contributed by atoms with E-state index in [1.54, 1.807) is 0 Å². The van der Waals surface area contributed by atoms with Crippen LogP contribution < -0.4 is 0 Å². The van der Waals surface area contributed by atoms with Crippen molar-refractivity contribution in [3.63, 3.8) is 0 Å². The van der Waals surface area contributed by atoms with Crippen molar-refractivity contribution < 1.29 is 36.2 Å². The quantitative estimate of drug-likeness (QED) is 0.218. The van der Waals surface area contributed by atoms with E-state index in [9.17, 15) is 31.4 Å². The van der Waals surface area contributed by atoms with Gasteiger partial charge in [0.05, 0.1) is 42.5 Å². The van der Waals surface area contributed by atoms with Crippen LogP contribution in [0.15, 0.2) is 78.9 Å². The van der Waals surface area contributed by atoms with E-state index in [1.165, 1.54) is 4.80 Å². The molecule has 1 aromatic heterocycles. The van der Waals surface area contributed by atoms with Gasteiger partial charge in [0.2, 0.25) is 0 Å². The van der Waals surface area contributed by atoms with Gasteiger partial charge in [0.15, 0.2) is 5.82 Å². The highest BCUT2D eigenvalue weighted by Crippen LogP contribution is 2.57. The number of aliphatic hydroxyl groups excluding tert-OH is 1. The molecule has 2 fully saturated rings. The number of aliphatic hydroxyl groups is 1. The molecule has 1 N–H and O–H groups in total. The van der Waals surface area contributed by atoms with Crippen molar-refractivity contribution in [2.45, 2.75) is 74.9 Å². The number of fused-ring (bicyclic) bond motifs is 2. The number of hydrogen-bond acceptors (Lipinski definition) is 6. The third-order valence-electron chi connectivity index (χ3n) is 8.83. The maximum absolute atomic E-state index is 13.6. The summed E-state index contributed by atoms with van der Waals surface area (Å²) in [6, 6.07) is 21.0. The van der Waals surface area contributed by atoms with Gasteiger partial charge >= 0.3 is 12.4 Å². The van der Waals surface area contributed by atoms with Crippen LogP contribution in [0.3, 0.4) is 0 Å². The highest BCUT2D eigenvalue weighted by atomic mass is 19.4. The Morgan fingerprint density at radius 3 is 2.11 bits per heavy atom. The normalized spacial score (nSPS) is 23.8. The Bertz CT molecular complexity index is 1560. The second kappa shape index (κ2) is 12.2. The van der Waals surface area contributed by atoms with Crippen molar-refractivity contribution in [1.82, 2.24) is 25.1 Å². The van der Waals surface area contributed by atoms with Crippen LogP contribution in [0.1, 0.15) is 58.8 Å². The van der Waals surface area contributed by atoms with Crippen molar-refractivity contribution in [2.75, 3.05) is 6.61 Å². The fraction of sp³-hybridized carbons (Fsp3) is 0.406. The van der Waals surface area contributed by atoms with E-state index in [1.807, 2.05) is 60.7 Å². The lowest BCUT2D eigenvalue weighted by atomic mass is 9.78. The fourth-order valence-electron chi connectivity index (χ4n) is 6.94. The first-order valence-corrected chi connectivity index (χ1v) is 14.6. The van der Waals surface area contributed by atoms with E-state index in [0.717, 1.165) is 23.3 Å². The molecule has 4 atom stereocenters. The summed E-state index contributed by atoms with van der Waals surface area (Å²) in [5.74, 6) is 0.318. The fourth-order valence-corrected chi connectivity index (χ4v) is 6.94. The van der Waals surface area contributed by atoms with Gasteiger partial charge in [-0.2, -0.15) is 31.1 Å². The zero-order valence-electron chi connectivity index (χ0n) is 24.0. The van der Waals surface area contributed by atoms with Crippen LogP contribution >= 0.6 is 0 Å². The molecule has 3 aromatic carbocycles. The Balaban J connectivity index is 1.41. The first-order valence-electron chi connectivity index (χ1n) is 14.6. The summed E-state index contributed by atoms with van der Waals surface area (Å²) in [6.07, 6.45) is -8.86. The zero-order valence-corrected chi connectivity index (χ0v) is 24.0. The van der Waals surface area contributed by atoms with Crippen LogP contribution in [0.2, 0.25) is 0 Å². The average Bonchev–Trinajstić information content (AvgIpc) is 3.55. The number of aromatic nitrogens is 4. The molecule has 238 valence electrons. The van der Waals surface area contributed by atoms with Gasteiger partial charge in [-0.15, -0.1) is 10.2 Å². The van der Waals surface area contributed by atoms with E-state index in [0.29, 0.717) is 31.6 Å². The van der Waals surface area contributed by atoms with Gasteiger partial charge in [0.25, 0.3) is 0 Å². The maximum atomic E-state index is 13.6. The van der Waals surface area contributed by atoms with Crippen LogP contribution in [0, 0.1) is 0 Å². The summed E-state index contributed by atoms with van der Waals surface area (Å²) in [5, 5.41) is 22.3. The second-order valence-corrected chi connectivity index (χ2v) is 11.5. The van der Waals surface area contributed by atoms with E-state index >= 15 is 0 Å². The van der Waals surface area contributed by atoms with Gasteiger partial charge < -0.3 is 9.84 Å². The second-order valence-electron chi connectivity index (χ2n) is 11.5. The molecule has 0 amide bonds. The molecule has 2 aliphatic heterocycles. The van der Waals surface area contributed by atoms with Gasteiger partial charge in [0, 0.05) is 18.5 Å². The summed E-state index contributed by atoms with van der Waals surface area (Å²) >= 11 is 0. The van der Waals surface area contributed by atoms with E-state index in [4.69, 9.17) is 4.74 Å². The Hall–Kier alpha value is -3.81. The number of halogens is 6. The van der Waals surface area contributed by atoms with Crippen molar-refractivity contribution >= 4 is 0 Å². The topological polar surface area (TPSA) is 76.3 Å². The van der Waals surface area contributed by atoms with Crippen molar-refractivity contribution in [1.29, 1.82) is 0 Å². The van der Waals surface area contributed by atoms with Crippen molar-refractivity contribution in [2.24, 2.45) is 0 Å². The molecule has 0 unspecified atom stereocenters. The van der Waals surface area contributed by atoms with Crippen molar-refractivity contribution in [3.8, 4) is 0 Å². The lowest BCUT2D eigenvalue weighted by Gasteiger charge is -2.50. The molecule has 45 heavy (non-hydrogen) atoms. The molecule has 0 spiro atoms. The van der Waals surface area contributed by atoms with Gasteiger partial charge in [0.1, 0.15) is 0 Å². The number of piperidine rings is 1. The number of ether oxygens (including phenoxy) is 1. The average molecular weight is 632 g/mol. The van der Waals surface area contributed by atoms with Crippen LogP contribution in [0.5, 0.6) is 0 Å². The molecule has 7 nitrogen and oxygen atoms in total. The Kier molecular flexibility index (Phi) is 8.44. The predicted octanol–water partition coefficient (Wildman–Crippen LogP) is 6.34. The van der Waals surface area contributed by atoms with Crippen LogP contribution in [0.25, 0.3) is 0 Å². The van der Waals surface area contributed by atoms with E-state index < -0.39 is 41.7 Å². The van der Waals surface area contributed by atoms with Crippen LogP contribution in [-0.4, -0.2) is 49.0 Å². The minimum atomic E-state index is -4.95. The van der Waals surface area contributed by atoms with Gasteiger partial charge in [-0.25, -0.2) is 0 Å². The molecule has 0 saturated carbocycles. The molecule has 2 saturated heterocycles. The van der Waals surface area contributed by atoms with Gasteiger partial charge in [-0.3, -0.25) is 4.90 Å². The standard InChI is InChI=1S/C32H31F6N5O2/c33-31(34,35)24-15-22(16-25(17-24)32(36,37)38)20-45-28-12-11-27-26(29-39-41-43(40-29)13-14-44)18-30(28,23-9-5-2-6-10-23)42(27)19-21-7-3-1-4-8-21/h1-10,15-17,26-28,44H,11-14,18-20H2/t26-,27+,28-,30-/m1/s1. The minimum absolute atomic E-state index is 0.0533. The zero-order chi connectivity index (χ0) is 31.8. The van der Waals surface area contributed by atoms with E-state index in [-0.39, 0.29) is 36.7 Å². The molecular formula is C32H31F6N5O2. The number of nitrogens with zero attached hydrogens (tertiary/aromatic N) is 5. The minimum Gasteiger partial charge on any atom is -0.394 e. The molecular weight excluding hydrogens is 600 g/mol. The Morgan fingerprint density at radius 1 is 0.844 bits per heavy atom. The Morgan fingerprint density at radius 2 is 1.49 bits per heavy atom. The summed E-state index contributed by atoms with van der Waals surface area (Å²) in [7, 11) is 0. The highest BCUT2D eigenvalue weighted by molar-refractivity contribution is 5.35. The first kappa shape index (κ1) is 31.2. The van der Waals surface area contributed by atoms with Crippen LogP contribution in [-0.2, 0) is 42.3 Å². The predicted molar refractivity (Wildman–Crippen MR) is 150 cm³/mol. The number of hydrogen-bond donors (Lipinski definition) is 1. The summed E-state index contributed by atoms with van der Waals surface area (Å²) in [4.78, 5) is 3.67. The number of benzene rings is 3. The largest absolute Gasteiger partial charge is 0.416 e. The Labute approximate surface area is 255 Å². The lowest BCUT2D eigenvalue weighted by Crippen LogP contribution is -2.56. The number of rotatable bonds is 9. The van der Waals surface area contributed by atoms with Gasteiger partial charge in [-0.1, -0.05) is 60.7 Å². The maximum Gasteiger partial charge on any atom is 0.416 e. The lowest BCUT2D eigenvalue weighted by molar-refractivity contribution is -0.143. The summed E-state index contributed by atoms with van der Waals surface area (Å²) in [5.41, 5.74) is -1.81. The van der Waals surface area contributed by atoms with Crippen molar-refractivity contribution in [3.05, 3.63) is 113 Å². The molecule has 2 bridgehead atoms. The van der Waals surface area contributed by atoms with E-state index in [2.05, 4.69) is 20.3 Å². The molecule has 0 aliphatic carbocycles. The smallest absolute Gasteiger partial charge is 0.394 e. The molecule has 0 radical (unpaired) electrons. The van der Waals surface area contributed by atoms with Gasteiger partial charge in [-0.05, 0) is 59.4 Å². The highest BCUT2D eigenvalue weighted by Gasteiger charge is 2.60. The molecule has 4 aromatic rings. The molecule has 3 heterocycles. The molecule has 6 rings (SSSR count).